The highest BCUT2D eigenvalue weighted by Crippen LogP contribution is 2.05. The van der Waals surface area contributed by atoms with Crippen molar-refractivity contribution in [3.63, 3.8) is 0 Å². The Bertz CT molecular complexity index is 171. The fraction of sp³-hybridized carbons (Fsp3) is 0.909. The maximum atomic E-state index is 11.4. The molecule has 90 valence electrons. The quantitative estimate of drug-likeness (QED) is 0.642. The van der Waals surface area contributed by atoms with Crippen LogP contribution in [0.2, 0.25) is 0 Å². The largest absolute Gasteiger partial charge is 0.351 e. The monoisotopic (exact) mass is 215 g/mol. The summed E-state index contributed by atoms with van der Waals surface area (Å²) < 4.78 is 0. The molecule has 0 aromatic rings. The van der Waals surface area contributed by atoms with Crippen molar-refractivity contribution >= 4 is 5.91 Å². The molecule has 0 heterocycles. The molecule has 0 aliphatic carbocycles. The van der Waals surface area contributed by atoms with E-state index in [1.54, 1.807) is 7.05 Å². The minimum atomic E-state index is 0.0741. The van der Waals surface area contributed by atoms with Gasteiger partial charge in [-0.15, -0.1) is 0 Å². The fourth-order valence-corrected chi connectivity index (χ4v) is 1.63. The van der Waals surface area contributed by atoms with E-state index < -0.39 is 0 Å². The molecule has 0 fully saturated rings. The maximum absolute atomic E-state index is 11.4. The molecular formula is C11H25N3O. The number of hydrogen-bond donors (Lipinski definition) is 2. The highest BCUT2D eigenvalue weighted by molar-refractivity contribution is 5.78. The zero-order chi connectivity index (χ0) is 11.8. The summed E-state index contributed by atoms with van der Waals surface area (Å²) in [6, 6.07) is 0.251. The van der Waals surface area contributed by atoms with Crippen LogP contribution in [0.5, 0.6) is 0 Å². The first-order valence-electron chi connectivity index (χ1n) is 5.54. The second-order valence-electron chi connectivity index (χ2n) is 4.69. The Kier molecular flexibility index (Phi) is 7.34. The second-order valence-corrected chi connectivity index (χ2v) is 4.69. The third-order valence-electron chi connectivity index (χ3n) is 2.04. The lowest BCUT2D eigenvalue weighted by Gasteiger charge is -2.23. The van der Waals surface area contributed by atoms with Gasteiger partial charge < -0.3 is 15.5 Å². The predicted octanol–water partition coefficient (Wildman–Crippen LogP) is 0.298. The SMILES string of the molecule is CNCC(=O)NC(CC(C)C)CN(C)C. The standard InChI is InChI=1S/C11H25N3O/c1-9(2)6-10(8-14(4)5)13-11(15)7-12-3/h9-10,12H,6-8H2,1-5H3,(H,13,15). The molecule has 1 atom stereocenters. The van der Waals surface area contributed by atoms with Gasteiger partial charge in [0.25, 0.3) is 0 Å². The molecule has 0 bridgehead atoms. The number of likely N-dealkylation sites (N-methyl/N-ethyl adjacent to an activating group) is 2. The number of nitrogens with one attached hydrogen (secondary N) is 2. The van der Waals surface area contributed by atoms with E-state index >= 15 is 0 Å². The molecule has 0 spiro atoms. The van der Waals surface area contributed by atoms with Crippen molar-refractivity contribution in [1.82, 2.24) is 15.5 Å². The van der Waals surface area contributed by atoms with Gasteiger partial charge in [0.05, 0.1) is 6.54 Å². The lowest BCUT2D eigenvalue weighted by atomic mass is 10.0. The van der Waals surface area contributed by atoms with Gasteiger partial charge in [-0.25, -0.2) is 0 Å². The number of amides is 1. The van der Waals surface area contributed by atoms with Gasteiger partial charge >= 0.3 is 0 Å². The Hall–Kier alpha value is -0.610. The van der Waals surface area contributed by atoms with Gasteiger partial charge in [0.1, 0.15) is 0 Å². The van der Waals surface area contributed by atoms with Gasteiger partial charge in [-0.05, 0) is 33.5 Å². The van der Waals surface area contributed by atoms with Crippen LogP contribution in [0.25, 0.3) is 0 Å². The van der Waals surface area contributed by atoms with Crippen molar-refractivity contribution < 1.29 is 4.79 Å². The first kappa shape index (κ1) is 14.4. The highest BCUT2D eigenvalue weighted by atomic mass is 16.1. The van der Waals surface area contributed by atoms with E-state index in [0.29, 0.717) is 12.5 Å². The molecule has 0 aliphatic rings. The van der Waals surface area contributed by atoms with E-state index in [-0.39, 0.29) is 11.9 Å². The van der Waals surface area contributed by atoms with Gasteiger partial charge in [0.2, 0.25) is 5.91 Å². The molecule has 0 aliphatic heterocycles. The van der Waals surface area contributed by atoms with Crippen molar-refractivity contribution in [3.8, 4) is 0 Å². The number of hydrogen-bond acceptors (Lipinski definition) is 3. The van der Waals surface area contributed by atoms with Crippen LogP contribution in [0, 0.1) is 5.92 Å². The lowest BCUT2D eigenvalue weighted by molar-refractivity contribution is -0.121. The molecule has 0 aromatic heterocycles. The van der Waals surface area contributed by atoms with Crippen LogP contribution in [0.15, 0.2) is 0 Å². The number of rotatable bonds is 7. The molecule has 4 heteroatoms. The van der Waals surface area contributed by atoms with Gasteiger partial charge in [-0.2, -0.15) is 0 Å². The van der Waals surface area contributed by atoms with Crippen LogP contribution in [-0.2, 0) is 4.79 Å². The van der Waals surface area contributed by atoms with E-state index in [2.05, 4.69) is 29.4 Å². The van der Waals surface area contributed by atoms with Crippen LogP contribution >= 0.6 is 0 Å². The molecule has 1 unspecified atom stereocenters. The Morgan fingerprint density at radius 2 is 1.93 bits per heavy atom. The smallest absolute Gasteiger partial charge is 0.234 e. The van der Waals surface area contributed by atoms with E-state index in [4.69, 9.17) is 0 Å². The van der Waals surface area contributed by atoms with Crippen molar-refractivity contribution in [2.45, 2.75) is 26.3 Å². The Labute approximate surface area is 93.4 Å². The third-order valence-corrected chi connectivity index (χ3v) is 2.04. The van der Waals surface area contributed by atoms with Crippen molar-refractivity contribution in [2.75, 3.05) is 34.2 Å². The molecule has 4 nitrogen and oxygen atoms in total. The summed E-state index contributed by atoms with van der Waals surface area (Å²) in [6.07, 6.45) is 1.02. The number of carbonyl (C=O) groups excluding carboxylic acids is 1. The van der Waals surface area contributed by atoms with Crippen LogP contribution < -0.4 is 10.6 Å². The van der Waals surface area contributed by atoms with Crippen molar-refractivity contribution in [2.24, 2.45) is 5.92 Å². The van der Waals surface area contributed by atoms with Crippen LogP contribution in [0.3, 0.4) is 0 Å². The molecule has 15 heavy (non-hydrogen) atoms. The molecule has 0 saturated heterocycles. The van der Waals surface area contributed by atoms with E-state index in [0.717, 1.165) is 13.0 Å². The average Bonchev–Trinajstić information content (AvgIpc) is 2.00. The first-order valence-corrected chi connectivity index (χ1v) is 5.54. The topological polar surface area (TPSA) is 44.4 Å². The van der Waals surface area contributed by atoms with Gasteiger partial charge in [-0.3, -0.25) is 4.79 Å². The second kappa shape index (κ2) is 7.65. The molecule has 0 radical (unpaired) electrons. The summed E-state index contributed by atoms with van der Waals surface area (Å²) >= 11 is 0. The van der Waals surface area contributed by atoms with Gasteiger partial charge in [-0.1, -0.05) is 13.8 Å². The van der Waals surface area contributed by atoms with E-state index in [9.17, 15) is 4.79 Å². The molecule has 1 amide bonds. The molecule has 0 saturated carbocycles. The zero-order valence-electron chi connectivity index (χ0n) is 10.6. The Morgan fingerprint density at radius 1 is 1.33 bits per heavy atom. The van der Waals surface area contributed by atoms with Gasteiger partial charge in [0.15, 0.2) is 0 Å². The first-order chi connectivity index (χ1) is 6.95. The number of nitrogens with zero attached hydrogens (tertiary/aromatic N) is 1. The normalized spacial score (nSPS) is 13.3. The summed E-state index contributed by atoms with van der Waals surface area (Å²) in [5.74, 6) is 0.676. The summed E-state index contributed by atoms with van der Waals surface area (Å²) in [7, 11) is 5.83. The van der Waals surface area contributed by atoms with E-state index in [1.807, 2.05) is 14.1 Å². The minimum Gasteiger partial charge on any atom is -0.351 e. The fourth-order valence-electron chi connectivity index (χ4n) is 1.63. The molecule has 2 N–H and O–H groups in total. The van der Waals surface area contributed by atoms with Crippen molar-refractivity contribution in [3.05, 3.63) is 0 Å². The summed E-state index contributed by atoms with van der Waals surface area (Å²) in [4.78, 5) is 13.5. The third kappa shape index (κ3) is 8.39. The van der Waals surface area contributed by atoms with Crippen LogP contribution in [0.1, 0.15) is 20.3 Å². The molecular weight excluding hydrogens is 190 g/mol. The van der Waals surface area contributed by atoms with Gasteiger partial charge in [0, 0.05) is 12.6 Å². The van der Waals surface area contributed by atoms with E-state index in [1.165, 1.54) is 0 Å². The molecule has 0 rings (SSSR count). The number of carbonyl (C=O) groups is 1. The lowest BCUT2D eigenvalue weighted by Crippen LogP contribution is -2.45. The molecule has 0 aromatic carbocycles. The van der Waals surface area contributed by atoms with Crippen LogP contribution in [-0.4, -0.2) is 51.1 Å². The Balaban J connectivity index is 4.05. The van der Waals surface area contributed by atoms with Crippen molar-refractivity contribution in [1.29, 1.82) is 0 Å². The summed E-state index contributed by atoms with van der Waals surface area (Å²) in [5, 5.41) is 5.89. The maximum Gasteiger partial charge on any atom is 0.234 e. The van der Waals surface area contributed by atoms with Crippen LogP contribution in [0.4, 0.5) is 0 Å². The highest BCUT2D eigenvalue weighted by Gasteiger charge is 2.14. The Morgan fingerprint density at radius 3 is 2.33 bits per heavy atom. The minimum absolute atomic E-state index is 0.0741. The zero-order valence-corrected chi connectivity index (χ0v) is 10.6. The summed E-state index contributed by atoms with van der Waals surface area (Å²) in [5.41, 5.74) is 0. The predicted molar refractivity (Wildman–Crippen MR) is 63.9 cm³/mol. The average molecular weight is 215 g/mol. The summed E-state index contributed by atoms with van der Waals surface area (Å²) in [6.45, 7) is 5.63.